The van der Waals surface area contributed by atoms with Crippen LogP contribution < -0.4 is 0 Å². The third-order valence-electron chi connectivity index (χ3n) is 1.90. The molecule has 2 aromatic rings. The lowest BCUT2D eigenvalue weighted by molar-refractivity contribution is 0.111. The summed E-state index contributed by atoms with van der Waals surface area (Å²) in [4.78, 5) is 18.4. The van der Waals surface area contributed by atoms with Crippen LogP contribution in [0.5, 0.6) is 0 Å². The molecule has 0 saturated carbocycles. The molecule has 0 aromatic carbocycles. The number of hydrogen-bond donors (Lipinski definition) is 0. The molecule has 2 aromatic heterocycles. The number of aldehydes is 1. The first-order valence-corrected chi connectivity index (χ1v) is 4.22. The van der Waals surface area contributed by atoms with Gasteiger partial charge in [0, 0.05) is 6.20 Å². The SMILES string of the molecule is Cc1cn(-c2ccc(C=O)nc2)cn1. The summed E-state index contributed by atoms with van der Waals surface area (Å²) in [5.41, 5.74) is 2.28. The summed E-state index contributed by atoms with van der Waals surface area (Å²) in [6, 6.07) is 3.51. The van der Waals surface area contributed by atoms with Crippen LogP contribution in [0.4, 0.5) is 0 Å². The molecule has 2 rings (SSSR count). The van der Waals surface area contributed by atoms with E-state index in [0.29, 0.717) is 5.69 Å². The molecule has 0 amide bonds. The second-order valence-electron chi connectivity index (χ2n) is 2.98. The van der Waals surface area contributed by atoms with Gasteiger partial charge in [0.1, 0.15) is 5.69 Å². The predicted molar refractivity (Wildman–Crippen MR) is 51.5 cm³/mol. The molecule has 0 spiro atoms. The highest BCUT2D eigenvalue weighted by atomic mass is 16.1. The van der Waals surface area contributed by atoms with Gasteiger partial charge in [-0.2, -0.15) is 0 Å². The van der Waals surface area contributed by atoms with Crippen molar-refractivity contribution in [1.29, 1.82) is 0 Å². The fourth-order valence-corrected chi connectivity index (χ4v) is 1.18. The van der Waals surface area contributed by atoms with Gasteiger partial charge < -0.3 is 4.57 Å². The third-order valence-corrected chi connectivity index (χ3v) is 1.90. The van der Waals surface area contributed by atoms with E-state index in [9.17, 15) is 4.79 Å². The number of aryl methyl sites for hydroxylation is 1. The van der Waals surface area contributed by atoms with Gasteiger partial charge >= 0.3 is 0 Å². The van der Waals surface area contributed by atoms with Crippen LogP contribution in [-0.4, -0.2) is 20.8 Å². The van der Waals surface area contributed by atoms with Crippen LogP contribution in [0.1, 0.15) is 16.2 Å². The second-order valence-corrected chi connectivity index (χ2v) is 2.98. The Morgan fingerprint density at radius 3 is 2.71 bits per heavy atom. The molecule has 4 nitrogen and oxygen atoms in total. The monoisotopic (exact) mass is 187 g/mol. The number of aromatic nitrogens is 3. The molecular formula is C10H9N3O. The smallest absolute Gasteiger partial charge is 0.168 e. The van der Waals surface area contributed by atoms with Crippen LogP contribution in [0.2, 0.25) is 0 Å². The molecule has 0 N–H and O–H groups in total. The van der Waals surface area contributed by atoms with Crippen molar-refractivity contribution < 1.29 is 4.79 Å². The summed E-state index contributed by atoms with van der Waals surface area (Å²) in [5, 5.41) is 0. The van der Waals surface area contributed by atoms with Gasteiger partial charge in [0.2, 0.25) is 0 Å². The molecule has 14 heavy (non-hydrogen) atoms. The number of carbonyl (C=O) groups is 1. The van der Waals surface area contributed by atoms with E-state index in [4.69, 9.17) is 0 Å². The summed E-state index contributed by atoms with van der Waals surface area (Å²) in [6.07, 6.45) is 5.98. The van der Waals surface area contributed by atoms with Gasteiger partial charge in [-0.25, -0.2) is 4.98 Å². The van der Waals surface area contributed by atoms with Crippen LogP contribution in [0.15, 0.2) is 30.9 Å². The van der Waals surface area contributed by atoms with Crippen molar-refractivity contribution in [2.24, 2.45) is 0 Å². The maximum absolute atomic E-state index is 10.4. The zero-order valence-electron chi connectivity index (χ0n) is 7.71. The van der Waals surface area contributed by atoms with Crippen molar-refractivity contribution in [3.8, 4) is 5.69 Å². The summed E-state index contributed by atoms with van der Waals surface area (Å²) in [6.45, 7) is 1.92. The maximum Gasteiger partial charge on any atom is 0.168 e. The van der Waals surface area contributed by atoms with Gasteiger partial charge in [0.25, 0.3) is 0 Å². The van der Waals surface area contributed by atoms with Crippen LogP contribution in [0.3, 0.4) is 0 Å². The maximum atomic E-state index is 10.4. The van der Waals surface area contributed by atoms with Crippen molar-refractivity contribution in [3.05, 3.63) is 42.2 Å². The molecule has 0 unspecified atom stereocenters. The highest BCUT2D eigenvalue weighted by Gasteiger charge is 1.98. The molecular weight excluding hydrogens is 178 g/mol. The highest BCUT2D eigenvalue weighted by Crippen LogP contribution is 2.06. The Kier molecular flexibility index (Phi) is 2.10. The average Bonchev–Trinajstić information content (AvgIpc) is 2.65. The number of nitrogens with zero attached hydrogens (tertiary/aromatic N) is 3. The predicted octanol–water partition coefficient (Wildman–Crippen LogP) is 1.39. The molecule has 0 fully saturated rings. The van der Waals surface area contributed by atoms with Crippen molar-refractivity contribution in [2.45, 2.75) is 6.92 Å². The molecule has 0 radical (unpaired) electrons. The quantitative estimate of drug-likeness (QED) is 0.667. The van der Waals surface area contributed by atoms with Crippen molar-refractivity contribution in [3.63, 3.8) is 0 Å². The summed E-state index contributed by atoms with van der Waals surface area (Å²) in [7, 11) is 0. The van der Waals surface area contributed by atoms with Gasteiger partial charge in [-0.05, 0) is 19.1 Å². The molecule has 0 aliphatic rings. The minimum Gasteiger partial charge on any atom is -0.304 e. The Balaban J connectivity index is 2.38. The molecule has 4 heteroatoms. The molecule has 0 aliphatic carbocycles. The summed E-state index contributed by atoms with van der Waals surface area (Å²) < 4.78 is 1.86. The lowest BCUT2D eigenvalue weighted by Crippen LogP contribution is -1.93. The first kappa shape index (κ1) is 8.62. The van der Waals surface area contributed by atoms with E-state index in [2.05, 4.69) is 9.97 Å². The number of pyridine rings is 1. The molecule has 0 saturated heterocycles. The van der Waals surface area contributed by atoms with E-state index >= 15 is 0 Å². The van der Waals surface area contributed by atoms with E-state index in [1.165, 1.54) is 0 Å². The number of imidazole rings is 1. The lowest BCUT2D eigenvalue weighted by atomic mass is 10.3. The molecule has 0 aliphatic heterocycles. The van der Waals surface area contributed by atoms with E-state index in [-0.39, 0.29) is 0 Å². The van der Waals surface area contributed by atoms with Crippen LogP contribution in [0, 0.1) is 6.92 Å². The third kappa shape index (κ3) is 1.54. The Labute approximate surface area is 81.2 Å². The van der Waals surface area contributed by atoms with Crippen molar-refractivity contribution in [2.75, 3.05) is 0 Å². The largest absolute Gasteiger partial charge is 0.304 e. The Hall–Kier alpha value is -1.97. The minimum atomic E-state index is 0.436. The Morgan fingerprint density at radius 2 is 2.21 bits per heavy atom. The highest BCUT2D eigenvalue weighted by molar-refractivity contribution is 5.71. The van der Waals surface area contributed by atoms with Crippen LogP contribution in [-0.2, 0) is 0 Å². The zero-order chi connectivity index (χ0) is 9.97. The average molecular weight is 187 g/mol. The first-order valence-electron chi connectivity index (χ1n) is 4.22. The zero-order valence-corrected chi connectivity index (χ0v) is 7.71. The number of rotatable bonds is 2. The fraction of sp³-hybridized carbons (Fsp3) is 0.100. The summed E-state index contributed by atoms with van der Waals surface area (Å²) in [5.74, 6) is 0. The molecule has 70 valence electrons. The fourth-order valence-electron chi connectivity index (χ4n) is 1.18. The number of hydrogen-bond acceptors (Lipinski definition) is 3. The normalized spacial score (nSPS) is 10.1. The Morgan fingerprint density at radius 1 is 1.36 bits per heavy atom. The van der Waals surface area contributed by atoms with Gasteiger partial charge in [-0.15, -0.1) is 0 Å². The van der Waals surface area contributed by atoms with E-state index in [1.54, 1.807) is 18.6 Å². The second kappa shape index (κ2) is 3.41. The van der Waals surface area contributed by atoms with E-state index in [0.717, 1.165) is 17.7 Å². The van der Waals surface area contributed by atoms with E-state index < -0.39 is 0 Å². The first-order chi connectivity index (χ1) is 6.79. The molecule has 0 bridgehead atoms. The molecule has 0 atom stereocenters. The lowest BCUT2D eigenvalue weighted by Gasteiger charge is -1.99. The van der Waals surface area contributed by atoms with Gasteiger partial charge in [0.05, 0.1) is 23.9 Å². The van der Waals surface area contributed by atoms with Crippen molar-refractivity contribution in [1.82, 2.24) is 14.5 Å². The van der Waals surface area contributed by atoms with Crippen molar-refractivity contribution >= 4 is 6.29 Å². The molecule has 2 heterocycles. The Bertz CT molecular complexity index is 445. The topological polar surface area (TPSA) is 47.8 Å². The van der Waals surface area contributed by atoms with Gasteiger partial charge in [-0.3, -0.25) is 9.78 Å². The van der Waals surface area contributed by atoms with Crippen LogP contribution >= 0.6 is 0 Å². The van der Waals surface area contributed by atoms with Crippen LogP contribution in [0.25, 0.3) is 5.69 Å². The van der Waals surface area contributed by atoms with Gasteiger partial charge in [0.15, 0.2) is 6.29 Å². The van der Waals surface area contributed by atoms with E-state index in [1.807, 2.05) is 23.8 Å². The minimum absolute atomic E-state index is 0.436. The number of carbonyl (C=O) groups excluding carboxylic acids is 1. The summed E-state index contributed by atoms with van der Waals surface area (Å²) >= 11 is 0. The van der Waals surface area contributed by atoms with Gasteiger partial charge in [-0.1, -0.05) is 0 Å². The standard InChI is InChI=1S/C10H9N3O/c1-8-5-13(7-12-8)10-3-2-9(6-14)11-4-10/h2-7H,1H3.